The SMILES string of the molecule is CCNC(=O)c1nnc(-c2cc(C(C)C)c(O)cc2O)n1-c1ccc(CN2CCC(C(=O)N3CCN(C(=O)O[C@@H]4C(=O)OCc5c4cc4n(c5=O)Cc5c-4nc4ccc(O)cc4c5CC)C(C)C3)CC2)cc1. The largest absolute Gasteiger partial charge is 0.508 e. The minimum atomic E-state index is -1.47. The van der Waals surface area contributed by atoms with Gasteiger partial charge in [-0.15, -0.1) is 10.2 Å². The van der Waals surface area contributed by atoms with Crippen molar-refractivity contribution in [2.45, 2.75) is 91.6 Å². The number of nitrogens with zero attached hydrogens (tertiary/aromatic N) is 8. The maximum absolute atomic E-state index is 14.0. The number of ether oxygens (including phenoxy) is 2. The monoisotopic (exact) mass is 979 g/mol. The summed E-state index contributed by atoms with van der Waals surface area (Å²) < 4.78 is 14.5. The van der Waals surface area contributed by atoms with Crippen LogP contribution in [0.3, 0.4) is 0 Å². The number of phenolic OH excluding ortho intramolecular Hbond substituents is 3. The Balaban J connectivity index is 0.767. The van der Waals surface area contributed by atoms with Gasteiger partial charge >= 0.3 is 12.1 Å². The highest BCUT2D eigenvalue weighted by Gasteiger charge is 2.41. The van der Waals surface area contributed by atoms with Gasteiger partial charge in [0.25, 0.3) is 11.5 Å². The van der Waals surface area contributed by atoms with Crippen LogP contribution in [0.5, 0.6) is 17.2 Å². The molecule has 4 aliphatic rings. The summed E-state index contributed by atoms with van der Waals surface area (Å²) in [5.74, 6) is -1.21. The Labute approximate surface area is 414 Å². The number of phenols is 3. The van der Waals surface area contributed by atoms with E-state index in [4.69, 9.17) is 14.5 Å². The van der Waals surface area contributed by atoms with Crippen molar-refractivity contribution in [3.05, 3.63) is 110 Å². The second kappa shape index (κ2) is 19.1. The Bertz CT molecular complexity index is 3230. The van der Waals surface area contributed by atoms with Crippen molar-refractivity contribution < 1.29 is 44.0 Å². The van der Waals surface area contributed by atoms with E-state index in [1.165, 1.54) is 11.0 Å². The molecule has 2 fully saturated rings. The van der Waals surface area contributed by atoms with Crippen molar-refractivity contribution in [3.8, 4) is 45.7 Å². The standard InChI is InChI=1S/C53H57N9O10/c1-6-34-36-20-33(63)12-13-41(36)55-45-39(34)26-61-42(45)22-37-40(51(61)68)27-71-52(69)46(37)72-53(70)60-19-18-59(24-29(60)5)50(67)31-14-16-58(17-15-31)25-30-8-10-32(11-9-30)62-47(56-57-48(62)49(66)54-7-2)38-21-35(28(3)4)43(64)23-44(38)65/h8-13,20-23,28-29,31,46,63-65H,6-7,14-19,24-27H2,1-5H3,(H,54,66)/t29?,46-/m0/s1. The molecule has 0 aliphatic carbocycles. The zero-order valence-electron chi connectivity index (χ0n) is 40.8. The van der Waals surface area contributed by atoms with Crippen LogP contribution in [0.25, 0.3) is 39.4 Å². The van der Waals surface area contributed by atoms with Crippen LogP contribution in [0.4, 0.5) is 4.79 Å². The Morgan fingerprint density at radius 2 is 1.67 bits per heavy atom. The quantitative estimate of drug-likeness (QED) is 0.117. The third-order valence-electron chi connectivity index (χ3n) is 14.5. The number of likely N-dealkylation sites (tertiary alicyclic amines) is 1. The Kier molecular flexibility index (Phi) is 12.7. The van der Waals surface area contributed by atoms with Crippen LogP contribution >= 0.6 is 0 Å². The highest BCUT2D eigenvalue weighted by Crippen LogP contribution is 2.41. The molecule has 0 saturated carbocycles. The summed E-state index contributed by atoms with van der Waals surface area (Å²) in [7, 11) is 0. The molecule has 10 rings (SSSR count). The number of amides is 3. The first-order valence-electron chi connectivity index (χ1n) is 24.6. The summed E-state index contributed by atoms with van der Waals surface area (Å²) in [4.78, 5) is 78.8. The van der Waals surface area contributed by atoms with Crippen molar-refractivity contribution in [1.29, 1.82) is 0 Å². The van der Waals surface area contributed by atoms with E-state index in [1.807, 2.05) is 58.9 Å². The second-order valence-corrected chi connectivity index (χ2v) is 19.4. The molecular weight excluding hydrogens is 923 g/mol. The van der Waals surface area contributed by atoms with E-state index >= 15 is 0 Å². The molecule has 0 bridgehead atoms. The predicted molar refractivity (Wildman–Crippen MR) is 264 cm³/mol. The molecule has 374 valence electrons. The van der Waals surface area contributed by atoms with Crippen LogP contribution < -0.4 is 10.9 Å². The minimum absolute atomic E-state index is 0.0369. The van der Waals surface area contributed by atoms with Gasteiger partial charge in [-0.3, -0.25) is 23.9 Å². The van der Waals surface area contributed by atoms with Gasteiger partial charge in [0, 0.05) is 73.0 Å². The van der Waals surface area contributed by atoms with Gasteiger partial charge in [0.05, 0.1) is 34.6 Å². The molecule has 6 aromatic rings. The fourth-order valence-electron chi connectivity index (χ4n) is 10.7. The van der Waals surface area contributed by atoms with Crippen LogP contribution in [-0.4, -0.2) is 124 Å². The van der Waals surface area contributed by atoms with Gasteiger partial charge in [0.1, 0.15) is 23.9 Å². The Morgan fingerprint density at radius 1 is 0.903 bits per heavy atom. The maximum atomic E-state index is 14.0. The molecule has 3 aromatic heterocycles. The van der Waals surface area contributed by atoms with Gasteiger partial charge in [-0.1, -0.05) is 32.9 Å². The number of pyridine rings is 2. The Hall–Kier alpha value is -7.80. The smallest absolute Gasteiger partial charge is 0.411 e. The predicted octanol–water partition coefficient (Wildman–Crippen LogP) is 5.90. The third kappa shape index (κ3) is 8.54. The third-order valence-corrected chi connectivity index (χ3v) is 14.5. The van der Waals surface area contributed by atoms with Crippen molar-refractivity contribution in [2.24, 2.45) is 5.92 Å². The van der Waals surface area contributed by atoms with Crippen molar-refractivity contribution in [2.75, 3.05) is 39.3 Å². The summed E-state index contributed by atoms with van der Waals surface area (Å²) >= 11 is 0. The van der Waals surface area contributed by atoms with E-state index in [1.54, 1.807) is 44.4 Å². The maximum Gasteiger partial charge on any atom is 0.411 e. The highest BCUT2D eigenvalue weighted by molar-refractivity contribution is 5.92. The molecule has 4 aliphatic heterocycles. The van der Waals surface area contributed by atoms with Crippen molar-refractivity contribution in [3.63, 3.8) is 0 Å². The lowest BCUT2D eigenvalue weighted by atomic mass is 9.94. The van der Waals surface area contributed by atoms with Crippen LogP contribution in [-0.2, 0) is 45.2 Å². The zero-order valence-corrected chi connectivity index (χ0v) is 40.8. The molecule has 0 spiro atoms. The molecule has 72 heavy (non-hydrogen) atoms. The number of aryl methyl sites for hydroxylation is 1. The van der Waals surface area contributed by atoms with Gasteiger partial charge in [-0.2, -0.15) is 0 Å². The number of hydrogen-bond acceptors (Lipinski definition) is 14. The topological polar surface area (TPSA) is 235 Å². The molecule has 7 heterocycles. The number of piperidine rings is 1. The molecule has 2 atom stereocenters. The molecule has 2 saturated heterocycles. The van der Waals surface area contributed by atoms with Crippen LogP contribution in [0, 0.1) is 5.92 Å². The molecular formula is C53H57N9O10. The van der Waals surface area contributed by atoms with Gasteiger partial charge in [-0.25, -0.2) is 14.6 Å². The summed E-state index contributed by atoms with van der Waals surface area (Å²) in [5, 5.41) is 43.7. The first kappa shape index (κ1) is 47.9. The number of fused-ring (bicyclic) bond motifs is 5. The highest BCUT2D eigenvalue weighted by atomic mass is 16.6. The summed E-state index contributed by atoms with van der Waals surface area (Å²) in [6.07, 6.45) is -0.254. The number of benzene rings is 3. The lowest BCUT2D eigenvalue weighted by molar-refractivity contribution is -0.158. The second-order valence-electron chi connectivity index (χ2n) is 19.4. The molecule has 4 N–H and O–H groups in total. The van der Waals surface area contributed by atoms with Gasteiger partial charge in [-0.05, 0) is 111 Å². The average molecular weight is 980 g/mol. The number of esters is 1. The zero-order chi connectivity index (χ0) is 50.7. The van der Waals surface area contributed by atoms with E-state index in [-0.39, 0.29) is 89.6 Å². The number of cyclic esters (lactones) is 1. The first-order chi connectivity index (χ1) is 34.6. The van der Waals surface area contributed by atoms with E-state index in [9.17, 15) is 39.3 Å². The fourth-order valence-corrected chi connectivity index (χ4v) is 10.7. The van der Waals surface area contributed by atoms with E-state index in [2.05, 4.69) is 20.4 Å². The lowest BCUT2D eigenvalue weighted by Crippen LogP contribution is -2.57. The molecule has 1 unspecified atom stereocenters. The average Bonchev–Trinajstić information content (AvgIpc) is 3.97. The van der Waals surface area contributed by atoms with Gasteiger partial charge in [0.2, 0.25) is 17.8 Å². The number of nitrogens with one attached hydrogen (secondary N) is 1. The Morgan fingerprint density at radius 3 is 2.38 bits per heavy atom. The lowest BCUT2D eigenvalue weighted by Gasteiger charge is -2.42. The molecule has 19 nitrogen and oxygen atoms in total. The normalized spacial score (nSPS) is 17.9. The van der Waals surface area contributed by atoms with Gasteiger partial charge < -0.3 is 44.5 Å². The van der Waals surface area contributed by atoms with E-state index in [0.717, 1.165) is 22.1 Å². The fraction of sp³-hybridized carbons (Fsp3) is 0.396. The summed E-state index contributed by atoms with van der Waals surface area (Å²) in [5.41, 5.74) is 6.31. The number of carbonyl (C=O) groups excluding carboxylic acids is 4. The minimum Gasteiger partial charge on any atom is -0.508 e. The summed E-state index contributed by atoms with van der Waals surface area (Å²) in [6.45, 7) is 12.7. The van der Waals surface area contributed by atoms with Crippen LogP contribution in [0.2, 0.25) is 0 Å². The number of piperazine rings is 1. The molecule has 19 heteroatoms. The number of aromatic hydroxyl groups is 3. The van der Waals surface area contributed by atoms with Crippen molar-refractivity contribution >= 4 is 34.8 Å². The van der Waals surface area contributed by atoms with Crippen LogP contribution in [0.1, 0.15) is 103 Å². The van der Waals surface area contributed by atoms with E-state index in [0.29, 0.717) is 85.7 Å². The summed E-state index contributed by atoms with van der Waals surface area (Å²) in [6, 6.07) is 16.9. The number of hydrogen-bond donors (Lipinski definition) is 4. The number of aromatic nitrogens is 5. The first-order valence-corrected chi connectivity index (χ1v) is 24.6. The molecule has 3 amide bonds. The van der Waals surface area contributed by atoms with Crippen molar-refractivity contribution in [1.82, 2.24) is 44.3 Å². The van der Waals surface area contributed by atoms with Crippen LogP contribution in [0.15, 0.2) is 65.5 Å². The molecule has 3 aromatic carbocycles. The number of carbonyl (C=O) groups is 4. The van der Waals surface area contributed by atoms with Gasteiger partial charge in [0.15, 0.2) is 5.82 Å². The molecule has 0 radical (unpaired) electrons. The van der Waals surface area contributed by atoms with E-state index < -0.39 is 30.1 Å². The number of rotatable bonds is 10.